The standard InChI is InChI=1S/C25H23ClN4O3S/c1-25(2,3)33-24(32)28-14-16-6-8-18(26)20(12-16)29-23-30-22(31)21(34-23)13-15-7-9-19-17(11-15)5-4-10-27-19/h4-13H,14H2,1-3H3,(H,28,32)(H,29,30,31)/b21-13+. The molecule has 2 amide bonds. The normalized spacial score (nSPS) is 16.2. The number of nitrogens with one attached hydrogen (secondary N) is 2. The van der Waals surface area contributed by atoms with Crippen LogP contribution in [0.25, 0.3) is 17.0 Å². The van der Waals surface area contributed by atoms with Gasteiger partial charge in [0.05, 0.1) is 21.1 Å². The number of aliphatic imine (C=N–C) groups is 1. The SMILES string of the molecule is CC(C)(C)OC(=O)NCc1ccc(Cl)c(N=C2NC(=O)/C(=C\c3ccc4ncccc4c3)S2)c1. The Bertz CT molecular complexity index is 1330. The van der Waals surface area contributed by atoms with E-state index >= 15 is 0 Å². The van der Waals surface area contributed by atoms with Crippen LogP contribution in [0.5, 0.6) is 0 Å². The number of ether oxygens (including phenoxy) is 1. The van der Waals surface area contributed by atoms with E-state index in [0.717, 1.165) is 22.0 Å². The molecule has 1 aliphatic heterocycles. The lowest BCUT2D eigenvalue weighted by Crippen LogP contribution is -2.32. The summed E-state index contributed by atoms with van der Waals surface area (Å²) >= 11 is 7.56. The van der Waals surface area contributed by atoms with Crippen molar-refractivity contribution in [2.24, 2.45) is 4.99 Å². The number of carbonyl (C=O) groups is 2. The highest BCUT2D eigenvalue weighted by atomic mass is 35.5. The molecule has 1 saturated heterocycles. The number of nitrogens with zero attached hydrogens (tertiary/aromatic N) is 2. The van der Waals surface area contributed by atoms with E-state index in [1.807, 2.05) is 36.4 Å². The fraction of sp³-hybridized carbons (Fsp3) is 0.200. The number of halogens is 1. The Morgan fingerprint density at radius 2 is 2.06 bits per heavy atom. The van der Waals surface area contributed by atoms with E-state index in [9.17, 15) is 9.59 Å². The molecule has 174 valence electrons. The molecule has 0 radical (unpaired) electrons. The van der Waals surface area contributed by atoms with Gasteiger partial charge in [0.25, 0.3) is 5.91 Å². The van der Waals surface area contributed by atoms with Crippen LogP contribution >= 0.6 is 23.4 Å². The van der Waals surface area contributed by atoms with E-state index in [2.05, 4.69) is 20.6 Å². The van der Waals surface area contributed by atoms with Crippen LogP contribution in [0.3, 0.4) is 0 Å². The number of thioether (sulfide) groups is 1. The second-order valence-electron chi connectivity index (χ2n) is 8.58. The van der Waals surface area contributed by atoms with E-state index in [1.165, 1.54) is 11.8 Å². The minimum atomic E-state index is -0.575. The molecular weight excluding hydrogens is 472 g/mol. The molecule has 2 aromatic carbocycles. The van der Waals surface area contributed by atoms with E-state index < -0.39 is 11.7 Å². The van der Waals surface area contributed by atoms with E-state index in [1.54, 1.807) is 45.2 Å². The molecule has 1 aromatic heterocycles. The van der Waals surface area contributed by atoms with Gasteiger partial charge in [-0.2, -0.15) is 0 Å². The van der Waals surface area contributed by atoms with Crippen LogP contribution in [0.2, 0.25) is 5.02 Å². The summed E-state index contributed by atoms with van der Waals surface area (Å²) in [6.45, 7) is 5.66. The lowest BCUT2D eigenvalue weighted by Gasteiger charge is -2.19. The van der Waals surface area contributed by atoms with Gasteiger partial charge in [-0.05, 0) is 80.1 Å². The van der Waals surface area contributed by atoms with Gasteiger partial charge < -0.3 is 15.4 Å². The van der Waals surface area contributed by atoms with Gasteiger partial charge in [-0.15, -0.1) is 0 Å². The number of carbonyl (C=O) groups excluding carboxylic acids is 2. The van der Waals surface area contributed by atoms with Crippen LogP contribution in [-0.4, -0.2) is 27.8 Å². The zero-order valence-electron chi connectivity index (χ0n) is 18.9. The molecule has 0 atom stereocenters. The summed E-state index contributed by atoms with van der Waals surface area (Å²) < 4.78 is 5.25. The van der Waals surface area contributed by atoms with Gasteiger partial charge in [0.1, 0.15) is 5.60 Å². The molecule has 2 heterocycles. The van der Waals surface area contributed by atoms with Crippen LogP contribution in [0.4, 0.5) is 10.5 Å². The molecule has 3 aromatic rings. The van der Waals surface area contributed by atoms with Gasteiger partial charge in [0.2, 0.25) is 0 Å². The summed E-state index contributed by atoms with van der Waals surface area (Å²) in [5.41, 5.74) is 2.50. The summed E-state index contributed by atoms with van der Waals surface area (Å²) in [4.78, 5) is 33.8. The maximum absolute atomic E-state index is 12.5. The molecule has 0 saturated carbocycles. The molecule has 0 aliphatic carbocycles. The number of fused-ring (bicyclic) bond motifs is 1. The number of aromatic nitrogens is 1. The summed E-state index contributed by atoms with van der Waals surface area (Å²) in [5.74, 6) is -0.228. The lowest BCUT2D eigenvalue weighted by molar-refractivity contribution is -0.115. The van der Waals surface area contributed by atoms with Gasteiger partial charge in [-0.1, -0.05) is 29.8 Å². The molecular formula is C25H23ClN4O3S. The Morgan fingerprint density at radius 1 is 1.24 bits per heavy atom. The maximum atomic E-state index is 12.5. The van der Waals surface area contributed by atoms with Crippen LogP contribution < -0.4 is 10.6 Å². The van der Waals surface area contributed by atoms with E-state index in [0.29, 0.717) is 20.8 Å². The Morgan fingerprint density at radius 3 is 2.85 bits per heavy atom. The molecule has 0 spiro atoms. The lowest BCUT2D eigenvalue weighted by atomic mass is 10.1. The predicted octanol–water partition coefficient (Wildman–Crippen LogP) is 5.80. The fourth-order valence-corrected chi connectivity index (χ4v) is 4.16. The monoisotopic (exact) mass is 494 g/mol. The molecule has 2 N–H and O–H groups in total. The average Bonchev–Trinajstić information content (AvgIpc) is 3.11. The van der Waals surface area contributed by atoms with Crippen molar-refractivity contribution in [2.45, 2.75) is 32.9 Å². The van der Waals surface area contributed by atoms with Gasteiger partial charge >= 0.3 is 6.09 Å². The highest BCUT2D eigenvalue weighted by molar-refractivity contribution is 8.18. The van der Waals surface area contributed by atoms with Crippen LogP contribution in [-0.2, 0) is 16.1 Å². The van der Waals surface area contributed by atoms with Crippen molar-refractivity contribution < 1.29 is 14.3 Å². The molecule has 4 rings (SSSR count). The Balaban J connectivity index is 1.48. The second kappa shape index (κ2) is 9.87. The van der Waals surface area contributed by atoms with Crippen molar-refractivity contribution >= 4 is 63.2 Å². The first-order valence-corrected chi connectivity index (χ1v) is 11.8. The van der Waals surface area contributed by atoms with Crippen LogP contribution in [0, 0.1) is 0 Å². The number of hydrogen-bond donors (Lipinski definition) is 2. The van der Waals surface area contributed by atoms with Crippen molar-refractivity contribution in [3.05, 3.63) is 75.8 Å². The average molecular weight is 495 g/mol. The third kappa shape index (κ3) is 6.15. The minimum Gasteiger partial charge on any atom is -0.444 e. The molecule has 0 unspecified atom stereocenters. The molecule has 34 heavy (non-hydrogen) atoms. The molecule has 9 heteroatoms. The first kappa shape index (κ1) is 23.8. The number of benzene rings is 2. The quantitative estimate of drug-likeness (QED) is 0.447. The molecule has 7 nitrogen and oxygen atoms in total. The summed E-state index contributed by atoms with van der Waals surface area (Å²) in [6, 6.07) is 14.9. The smallest absolute Gasteiger partial charge is 0.407 e. The number of pyridine rings is 1. The van der Waals surface area contributed by atoms with E-state index in [4.69, 9.17) is 16.3 Å². The Labute approximate surface area is 206 Å². The first-order chi connectivity index (χ1) is 16.2. The third-order valence-electron chi connectivity index (χ3n) is 4.64. The minimum absolute atomic E-state index is 0.228. The zero-order chi connectivity index (χ0) is 24.3. The van der Waals surface area contributed by atoms with Gasteiger partial charge in [0, 0.05) is 18.1 Å². The third-order valence-corrected chi connectivity index (χ3v) is 5.87. The number of amides is 2. The Hall–Kier alpha value is -3.36. The second-order valence-corrected chi connectivity index (χ2v) is 10.0. The van der Waals surface area contributed by atoms with Gasteiger partial charge in [0.15, 0.2) is 5.17 Å². The predicted molar refractivity (Wildman–Crippen MR) is 137 cm³/mol. The molecule has 0 bridgehead atoms. The number of rotatable bonds is 4. The van der Waals surface area contributed by atoms with Crippen molar-refractivity contribution in [3.8, 4) is 0 Å². The van der Waals surface area contributed by atoms with Crippen molar-refractivity contribution in [2.75, 3.05) is 0 Å². The van der Waals surface area contributed by atoms with Crippen molar-refractivity contribution in [1.29, 1.82) is 0 Å². The first-order valence-electron chi connectivity index (χ1n) is 10.6. The number of hydrogen-bond acceptors (Lipinski definition) is 6. The highest BCUT2D eigenvalue weighted by Crippen LogP contribution is 2.32. The maximum Gasteiger partial charge on any atom is 0.407 e. The van der Waals surface area contributed by atoms with Crippen molar-refractivity contribution in [3.63, 3.8) is 0 Å². The van der Waals surface area contributed by atoms with Gasteiger partial charge in [-0.3, -0.25) is 9.78 Å². The summed E-state index contributed by atoms with van der Waals surface area (Å²) in [6.07, 6.45) is 3.06. The highest BCUT2D eigenvalue weighted by Gasteiger charge is 2.24. The van der Waals surface area contributed by atoms with Crippen LogP contribution in [0.15, 0.2) is 64.6 Å². The number of amidine groups is 1. The zero-order valence-corrected chi connectivity index (χ0v) is 20.5. The van der Waals surface area contributed by atoms with Crippen molar-refractivity contribution in [1.82, 2.24) is 15.6 Å². The largest absolute Gasteiger partial charge is 0.444 e. The Kier molecular flexibility index (Phi) is 6.90. The summed E-state index contributed by atoms with van der Waals surface area (Å²) in [5, 5.41) is 7.35. The summed E-state index contributed by atoms with van der Waals surface area (Å²) in [7, 11) is 0. The van der Waals surface area contributed by atoms with Gasteiger partial charge in [-0.25, -0.2) is 9.79 Å². The van der Waals surface area contributed by atoms with Crippen LogP contribution in [0.1, 0.15) is 31.9 Å². The molecule has 1 fully saturated rings. The topological polar surface area (TPSA) is 92.7 Å². The van der Waals surface area contributed by atoms with E-state index in [-0.39, 0.29) is 12.5 Å². The fourth-order valence-electron chi connectivity index (χ4n) is 3.17. The molecule has 1 aliphatic rings. The number of alkyl carbamates (subject to hydrolysis) is 1.